The third-order valence-corrected chi connectivity index (χ3v) is 8.01. The van der Waals surface area contributed by atoms with Gasteiger partial charge in [0.2, 0.25) is 0 Å². The summed E-state index contributed by atoms with van der Waals surface area (Å²) in [5, 5.41) is 11.8. The van der Waals surface area contributed by atoms with Gasteiger partial charge in [0.05, 0.1) is 35.0 Å². The number of hydrogen-bond donors (Lipinski definition) is 1. The van der Waals surface area contributed by atoms with Gasteiger partial charge in [0.1, 0.15) is 5.76 Å². The number of pyridine rings is 1. The Morgan fingerprint density at radius 1 is 1.00 bits per heavy atom. The SMILES string of the molecule is CCCCCOc1ccc(C2/C(=C(\O)c3ccncc3)C(=O)C(=O)N2c2nc3c(C)cc(C)cc3s2)cc1OCC. The van der Waals surface area contributed by atoms with Gasteiger partial charge in [-0.1, -0.05) is 43.2 Å². The number of benzene rings is 2. The summed E-state index contributed by atoms with van der Waals surface area (Å²) in [7, 11) is 0. The van der Waals surface area contributed by atoms with E-state index in [0.717, 1.165) is 40.6 Å². The monoisotopic (exact) mass is 571 g/mol. The first kappa shape index (κ1) is 28.3. The van der Waals surface area contributed by atoms with Crippen LogP contribution in [0.1, 0.15) is 61.4 Å². The van der Waals surface area contributed by atoms with Gasteiger partial charge in [-0.05, 0) is 74.2 Å². The fraction of sp³-hybridized carbons (Fsp3) is 0.312. The molecule has 1 atom stereocenters. The number of nitrogens with zero attached hydrogens (tertiary/aromatic N) is 3. The number of unbranched alkanes of at least 4 members (excludes halogenated alkanes) is 2. The van der Waals surface area contributed by atoms with E-state index in [1.54, 1.807) is 24.3 Å². The maximum atomic E-state index is 13.7. The van der Waals surface area contributed by atoms with E-state index in [-0.39, 0.29) is 11.3 Å². The molecule has 4 aromatic rings. The average Bonchev–Trinajstić information content (AvgIpc) is 3.50. The van der Waals surface area contributed by atoms with Gasteiger partial charge in [-0.25, -0.2) is 4.98 Å². The van der Waals surface area contributed by atoms with Crippen LogP contribution in [-0.4, -0.2) is 40.0 Å². The van der Waals surface area contributed by atoms with Crippen LogP contribution in [0.3, 0.4) is 0 Å². The largest absolute Gasteiger partial charge is 0.507 e. The molecule has 8 nitrogen and oxygen atoms in total. The number of aliphatic hydroxyl groups excluding tert-OH is 1. The molecule has 9 heteroatoms. The van der Waals surface area contributed by atoms with Crippen molar-refractivity contribution in [1.82, 2.24) is 9.97 Å². The molecule has 0 spiro atoms. The molecular formula is C32H33N3O5S. The summed E-state index contributed by atoms with van der Waals surface area (Å²) >= 11 is 1.34. The first-order chi connectivity index (χ1) is 19.8. The fourth-order valence-electron chi connectivity index (χ4n) is 5.09. The smallest absolute Gasteiger partial charge is 0.301 e. The molecule has 2 aromatic heterocycles. The molecule has 0 radical (unpaired) electrons. The predicted octanol–water partition coefficient (Wildman–Crippen LogP) is 6.90. The lowest BCUT2D eigenvalue weighted by molar-refractivity contribution is -0.132. The van der Waals surface area contributed by atoms with Crippen molar-refractivity contribution < 1.29 is 24.2 Å². The lowest BCUT2D eigenvalue weighted by atomic mass is 9.95. The molecule has 1 unspecified atom stereocenters. The second-order valence-corrected chi connectivity index (χ2v) is 11.0. The summed E-state index contributed by atoms with van der Waals surface area (Å²) in [4.78, 5) is 37.5. The van der Waals surface area contributed by atoms with Crippen LogP contribution in [0.15, 0.2) is 60.4 Å². The zero-order valence-electron chi connectivity index (χ0n) is 23.6. The van der Waals surface area contributed by atoms with Crippen molar-refractivity contribution in [3.8, 4) is 11.5 Å². The van der Waals surface area contributed by atoms with E-state index in [1.807, 2.05) is 39.0 Å². The van der Waals surface area contributed by atoms with Crippen molar-refractivity contribution in [2.45, 2.75) is 53.0 Å². The van der Waals surface area contributed by atoms with Crippen LogP contribution in [0.4, 0.5) is 5.13 Å². The Kier molecular flexibility index (Phi) is 8.35. The van der Waals surface area contributed by atoms with Gasteiger partial charge < -0.3 is 14.6 Å². The van der Waals surface area contributed by atoms with Crippen LogP contribution in [0.25, 0.3) is 16.0 Å². The fourth-order valence-corrected chi connectivity index (χ4v) is 6.26. The lowest BCUT2D eigenvalue weighted by Crippen LogP contribution is -2.29. The van der Waals surface area contributed by atoms with Gasteiger partial charge in [-0.3, -0.25) is 19.5 Å². The van der Waals surface area contributed by atoms with Crippen molar-refractivity contribution in [1.29, 1.82) is 0 Å². The number of thiazole rings is 1. The number of rotatable bonds is 10. The van der Waals surface area contributed by atoms with E-state index in [2.05, 4.69) is 11.9 Å². The standard InChI is InChI=1S/C32H33N3O5S/c1-5-7-8-15-40-23-10-9-22(18-24(23)39-6-2)28-26(29(36)21-11-13-33-14-12-21)30(37)31(38)35(28)32-34-27-20(4)16-19(3)17-25(27)41-32/h9-14,16-18,28,36H,5-8,15H2,1-4H3/b29-26+. The van der Waals surface area contributed by atoms with Crippen molar-refractivity contribution in [3.63, 3.8) is 0 Å². The van der Waals surface area contributed by atoms with E-state index in [4.69, 9.17) is 14.5 Å². The normalized spacial score (nSPS) is 16.5. The molecular weight excluding hydrogens is 538 g/mol. The summed E-state index contributed by atoms with van der Waals surface area (Å²) in [6, 6.07) is 11.7. The quantitative estimate of drug-likeness (QED) is 0.0956. The number of fused-ring (bicyclic) bond motifs is 1. The molecule has 0 bridgehead atoms. The number of hydrogen-bond acceptors (Lipinski definition) is 8. The number of carbonyl (C=O) groups excluding carboxylic acids is 2. The minimum atomic E-state index is -0.932. The average molecular weight is 572 g/mol. The molecule has 2 aromatic carbocycles. The topological polar surface area (TPSA) is 102 Å². The first-order valence-electron chi connectivity index (χ1n) is 13.8. The summed E-state index contributed by atoms with van der Waals surface area (Å²) in [6.07, 6.45) is 6.12. The minimum absolute atomic E-state index is 0.0209. The van der Waals surface area contributed by atoms with Crippen LogP contribution in [0.5, 0.6) is 11.5 Å². The van der Waals surface area contributed by atoms with Crippen LogP contribution in [0, 0.1) is 13.8 Å². The molecule has 1 saturated heterocycles. The highest BCUT2D eigenvalue weighted by Crippen LogP contribution is 2.46. The number of ketones is 1. The van der Waals surface area contributed by atoms with Crippen LogP contribution in [0.2, 0.25) is 0 Å². The zero-order chi connectivity index (χ0) is 29.1. The molecule has 5 rings (SSSR count). The van der Waals surface area contributed by atoms with Crippen LogP contribution >= 0.6 is 11.3 Å². The Morgan fingerprint density at radius 3 is 2.51 bits per heavy atom. The Hall–Kier alpha value is -4.24. The van der Waals surface area contributed by atoms with E-state index in [0.29, 0.717) is 41.0 Å². The van der Waals surface area contributed by atoms with E-state index in [1.165, 1.54) is 28.6 Å². The van der Waals surface area contributed by atoms with Gasteiger partial charge in [0, 0.05) is 18.0 Å². The van der Waals surface area contributed by atoms with Gasteiger partial charge in [-0.15, -0.1) is 0 Å². The predicted molar refractivity (Wildman–Crippen MR) is 161 cm³/mol. The molecule has 1 aliphatic heterocycles. The number of ether oxygens (including phenoxy) is 2. The molecule has 1 N–H and O–H groups in total. The first-order valence-corrected chi connectivity index (χ1v) is 14.6. The van der Waals surface area contributed by atoms with Crippen LogP contribution in [-0.2, 0) is 9.59 Å². The number of aliphatic hydroxyl groups is 1. The highest BCUT2D eigenvalue weighted by Gasteiger charge is 2.48. The molecule has 41 heavy (non-hydrogen) atoms. The highest BCUT2D eigenvalue weighted by atomic mass is 32.1. The lowest BCUT2D eigenvalue weighted by Gasteiger charge is -2.24. The van der Waals surface area contributed by atoms with Gasteiger partial charge >= 0.3 is 5.91 Å². The highest BCUT2D eigenvalue weighted by molar-refractivity contribution is 7.22. The molecule has 212 valence electrons. The number of aromatic nitrogens is 2. The molecule has 3 heterocycles. The summed E-state index contributed by atoms with van der Waals surface area (Å²) < 4.78 is 12.9. The Morgan fingerprint density at radius 2 is 1.78 bits per heavy atom. The third-order valence-electron chi connectivity index (χ3n) is 7.01. The summed E-state index contributed by atoms with van der Waals surface area (Å²) in [5.41, 5.74) is 3.80. The Bertz CT molecular complexity index is 1630. The van der Waals surface area contributed by atoms with E-state index in [9.17, 15) is 14.7 Å². The summed E-state index contributed by atoms with van der Waals surface area (Å²) in [5.74, 6) is -0.717. The van der Waals surface area contributed by atoms with Gasteiger partial charge in [-0.2, -0.15) is 0 Å². The molecule has 1 aliphatic rings. The molecule has 0 aliphatic carbocycles. The van der Waals surface area contributed by atoms with Gasteiger partial charge in [0.15, 0.2) is 16.6 Å². The van der Waals surface area contributed by atoms with Gasteiger partial charge in [0.25, 0.3) is 5.78 Å². The van der Waals surface area contributed by atoms with Crippen molar-refractivity contribution in [3.05, 3.63) is 82.7 Å². The number of carbonyl (C=O) groups is 2. The van der Waals surface area contributed by atoms with Crippen molar-refractivity contribution in [2.24, 2.45) is 0 Å². The zero-order valence-corrected chi connectivity index (χ0v) is 24.5. The molecule has 1 fully saturated rings. The van der Waals surface area contributed by atoms with Crippen molar-refractivity contribution >= 4 is 44.1 Å². The minimum Gasteiger partial charge on any atom is -0.507 e. The van der Waals surface area contributed by atoms with E-state index < -0.39 is 17.7 Å². The third kappa shape index (κ3) is 5.54. The van der Waals surface area contributed by atoms with Crippen LogP contribution < -0.4 is 14.4 Å². The van der Waals surface area contributed by atoms with E-state index >= 15 is 0 Å². The summed E-state index contributed by atoms with van der Waals surface area (Å²) in [6.45, 7) is 8.96. The maximum Gasteiger partial charge on any atom is 0.301 e. The molecule has 0 saturated carbocycles. The number of amides is 1. The second-order valence-electron chi connectivity index (χ2n) is 10.0. The maximum absolute atomic E-state index is 13.7. The number of Topliss-reactive ketones (excluding diaryl/α,β-unsaturated/α-hetero) is 1. The number of aryl methyl sites for hydroxylation is 2. The number of anilines is 1. The Labute approximate surface area is 243 Å². The molecule has 1 amide bonds. The second kappa shape index (κ2) is 12.1. The Balaban J connectivity index is 1.67. The van der Waals surface area contributed by atoms with Crippen molar-refractivity contribution in [2.75, 3.05) is 18.1 Å².